The van der Waals surface area contributed by atoms with Gasteiger partial charge in [0.05, 0.1) is 6.26 Å². The molecule has 0 spiro atoms. The fraction of sp³-hybridized carbons (Fsp3) is 0.219. The maximum atomic E-state index is 12.9. The van der Waals surface area contributed by atoms with E-state index in [0.29, 0.717) is 18.6 Å². The van der Waals surface area contributed by atoms with Gasteiger partial charge in [0, 0.05) is 25.2 Å². The molecular formula is C32H30O2. The van der Waals surface area contributed by atoms with Gasteiger partial charge in [-0.3, -0.25) is 4.79 Å². The number of carbonyl (C=O) groups excluding carboxylic acids is 1. The fourth-order valence-corrected chi connectivity index (χ4v) is 4.96. The molecule has 0 radical (unpaired) electrons. The molecule has 0 saturated heterocycles. The van der Waals surface area contributed by atoms with Crippen molar-refractivity contribution in [3.63, 3.8) is 0 Å². The van der Waals surface area contributed by atoms with Crippen LogP contribution < -0.4 is 0 Å². The lowest BCUT2D eigenvalue weighted by Crippen LogP contribution is -2.09. The molecule has 0 saturated carbocycles. The first kappa shape index (κ1) is 22.2. The van der Waals surface area contributed by atoms with Gasteiger partial charge in [0.15, 0.2) is 0 Å². The van der Waals surface area contributed by atoms with Crippen LogP contribution in [0.1, 0.15) is 48.1 Å². The van der Waals surface area contributed by atoms with Crippen LogP contribution >= 0.6 is 0 Å². The monoisotopic (exact) mass is 446 g/mol. The standard InChI is InChI=1S/C32H30O2/c1-23-9-12-25(13-10-23)28-14-11-24(20-28)21-29(33)17-15-27-16-18-31(26-6-3-2-4-7-26)32(27)22-30-8-5-19-34-30/h2-10,12-14,16,18-20,32H,11,15,17,21-22H2,1H3. The Balaban J connectivity index is 1.20. The summed E-state index contributed by atoms with van der Waals surface area (Å²) >= 11 is 0. The second-order valence-corrected chi connectivity index (χ2v) is 9.31. The number of furan rings is 1. The lowest BCUT2D eigenvalue weighted by molar-refractivity contribution is -0.118. The van der Waals surface area contributed by atoms with Crippen molar-refractivity contribution in [3.05, 3.63) is 131 Å². The Morgan fingerprint density at radius 2 is 1.76 bits per heavy atom. The minimum atomic E-state index is 0.252. The predicted molar refractivity (Wildman–Crippen MR) is 139 cm³/mol. The van der Waals surface area contributed by atoms with E-state index in [9.17, 15) is 4.79 Å². The van der Waals surface area contributed by atoms with Crippen molar-refractivity contribution in [1.29, 1.82) is 0 Å². The minimum absolute atomic E-state index is 0.252. The number of aryl methyl sites for hydroxylation is 1. The van der Waals surface area contributed by atoms with E-state index in [2.05, 4.69) is 79.8 Å². The molecule has 0 bridgehead atoms. The number of allylic oxidation sites excluding steroid dienone is 8. The highest BCUT2D eigenvalue weighted by molar-refractivity contribution is 5.85. The average molecular weight is 447 g/mol. The Bertz CT molecular complexity index is 1270. The number of ketones is 1. The molecule has 2 aliphatic rings. The van der Waals surface area contributed by atoms with Gasteiger partial charge in [-0.25, -0.2) is 0 Å². The third-order valence-electron chi connectivity index (χ3n) is 6.84. The Hall–Kier alpha value is -3.65. The van der Waals surface area contributed by atoms with Crippen LogP contribution in [0.2, 0.25) is 0 Å². The predicted octanol–water partition coefficient (Wildman–Crippen LogP) is 7.92. The number of rotatable bonds is 9. The SMILES string of the molecule is Cc1ccc(C2=CCC(CC(=O)CCC3=CC=C(c4ccccc4)C3Cc3ccco3)=C2)cc1. The maximum Gasteiger partial charge on any atom is 0.137 e. The Morgan fingerprint density at radius 3 is 2.53 bits per heavy atom. The molecule has 3 aromatic rings. The van der Waals surface area contributed by atoms with E-state index in [1.807, 2.05) is 18.2 Å². The van der Waals surface area contributed by atoms with Crippen LogP contribution in [0.4, 0.5) is 0 Å². The van der Waals surface area contributed by atoms with Gasteiger partial charge in [0.1, 0.15) is 11.5 Å². The van der Waals surface area contributed by atoms with Crippen LogP contribution in [0.15, 0.2) is 113 Å². The Morgan fingerprint density at radius 1 is 0.941 bits per heavy atom. The molecule has 0 fully saturated rings. The van der Waals surface area contributed by atoms with Crippen LogP contribution in [-0.2, 0) is 11.2 Å². The van der Waals surface area contributed by atoms with Gasteiger partial charge in [-0.05, 0) is 54.2 Å². The molecule has 34 heavy (non-hydrogen) atoms. The molecule has 1 unspecified atom stereocenters. The van der Waals surface area contributed by atoms with Gasteiger partial charge < -0.3 is 4.42 Å². The van der Waals surface area contributed by atoms with E-state index in [4.69, 9.17) is 4.42 Å². The Kier molecular flexibility index (Phi) is 6.58. The highest BCUT2D eigenvalue weighted by Crippen LogP contribution is 2.39. The zero-order valence-corrected chi connectivity index (χ0v) is 19.7. The van der Waals surface area contributed by atoms with E-state index in [-0.39, 0.29) is 5.92 Å². The number of Topliss-reactive ketones (excluding diaryl/α,β-unsaturated/α-hetero) is 1. The van der Waals surface area contributed by atoms with E-state index in [1.165, 1.54) is 39.0 Å². The van der Waals surface area contributed by atoms with Crippen LogP contribution in [0.5, 0.6) is 0 Å². The molecule has 5 rings (SSSR count). The second-order valence-electron chi connectivity index (χ2n) is 9.31. The molecule has 1 aromatic heterocycles. The molecule has 1 atom stereocenters. The summed E-state index contributed by atoms with van der Waals surface area (Å²) in [4.78, 5) is 12.9. The van der Waals surface area contributed by atoms with Crippen LogP contribution in [-0.4, -0.2) is 5.78 Å². The molecule has 2 heteroatoms. The lowest BCUT2D eigenvalue weighted by atomic mass is 9.85. The normalized spacial score (nSPS) is 17.3. The van der Waals surface area contributed by atoms with Gasteiger partial charge in [-0.1, -0.05) is 95.6 Å². The van der Waals surface area contributed by atoms with Crippen LogP contribution in [0.3, 0.4) is 0 Å². The Labute approximate surface area is 202 Å². The number of hydrogen-bond donors (Lipinski definition) is 0. The lowest BCUT2D eigenvalue weighted by Gasteiger charge is -2.19. The molecule has 2 aliphatic carbocycles. The third kappa shape index (κ3) is 5.12. The quantitative estimate of drug-likeness (QED) is 0.334. The zero-order valence-electron chi connectivity index (χ0n) is 19.7. The highest BCUT2D eigenvalue weighted by Gasteiger charge is 2.26. The minimum Gasteiger partial charge on any atom is -0.469 e. The van der Waals surface area contributed by atoms with E-state index in [1.54, 1.807) is 6.26 Å². The maximum absolute atomic E-state index is 12.9. The largest absolute Gasteiger partial charge is 0.469 e. The average Bonchev–Trinajstić information content (AvgIpc) is 3.61. The van der Waals surface area contributed by atoms with Gasteiger partial charge in [-0.2, -0.15) is 0 Å². The molecular weight excluding hydrogens is 416 g/mol. The van der Waals surface area contributed by atoms with Gasteiger partial charge in [-0.15, -0.1) is 0 Å². The van der Waals surface area contributed by atoms with Crippen molar-refractivity contribution in [2.75, 3.05) is 0 Å². The molecule has 0 N–H and O–H groups in total. The molecule has 0 aliphatic heterocycles. The summed E-state index contributed by atoms with van der Waals surface area (Å²) in [6.45, 7) is 2.10. The number of benzene rings is 2. The summed E-state index contributed by atoms with van der Waals surface area (Å²) in [5.41, 5.74) is 8.81. The summed E-state index contributed by atoms with van der Waals surface area (Å²) in [7, 11) is 0. The topological polar surface area (TPSA) is 30.2 Å². The van der Waals surface area contributed by atoms with Crippen LogP contribution in [0.25, 0.3) is 11.1 Å². The molecule has 2 aromatic carbocycles. The summed E-state index contributed by atoms with van der Waals surface area (Å²) in [6.07, 6.45) is 14.2. The smallest absolute Gasteiger partial charge is 0.137 e. The van der Waals surface area contributed by atoms with Crippen molar-refractivity contribution in [1.82, 2.24) is 0 Å². The molecule has 1 heterocycles. The van der Waals surface area contributed by atoms with E-state index >= 15 is 0 Å². The highest BCUT2D eigenvalue weighted by atomic mass is 16.3. The number of hydrogen-bond acceptors (Lipinski definition) is 2. The first-order chi connectivity index (χ1) is 16.7. The first-order valence-corrected chi connectivity index (χ1v) is 12.1. The molecule has 170 valence electrons. The summed E-state index contributed by atoms with van der Waals surface area (Å²) in [6, 6.07) is 23.1. The van der Waals surface area contributed by atoms with Crippen molar-refractivity contribution >= 4 is 16.9 Å². The zero-order chi connectivity index (χ0) is 23.3. The van der Waals surface area contributed by atoms with Gasteiger partial charge in [0.2, 0.25) is 0 Å². The fourth-order valence-electron chi connectivity index (χ4n) is 4.96. The number of carbonyl (C=O) groups is 1. The summed E-state index contributed by atoms with van der Waals surface area (Å²) in [5.74, 6) is 1.55. The van der Waals surface area contributed by atoms with Crippen LogP contribution in [0, 0.1) is 12.8 Å². The van der Waals surface area contributed by atoms with E-state index in [0.717, 1.165) is 25.0 Å². The van der Waals surface area contributed by atoms with Crippen molar-refractivity contribution < 1.29 is 9.21 Å². The van der Waals surface area contributed by atoms with E-state index < -0.39 is 0 Å². The molecule has 2 nitrogen and oxygen atoms in total. The molecule has 0 amide bonds. The first-order valence-electron chi connectivity index (χ1n) is 12.1. The van der Waals surface area contributed by atoms with Crippen molar-refractivity contribution in [3.8, 4) is 0 Å². The summed E-state index contributed by atoms with van der Waals surface area (Å²) in [5, 5.41) is 0. The van der Waals surface area contributed by atoms with Gasteiger partial charge >= 0.3 is 0 Å². The van der Waals surface area contributed by atoms with Crippen molar-refractivity contribution in [2.24, 2.45) is 5.92 Å². The third-order valence-corrected chi connectivity index (χ3v) is 6.84. The summed E-state index contributed by atoms with van der Waals surface area (Å²) < 4.78 is 5.66. The van der Waals surface area contributed by atoms with Gasteiger partial charge in [0.25, 0.3) is 0 Å². The second kappa shape index (κ2) is 10.1. The van der Waals surface area contributed by atoms with Crippen molar-refractivity contribution in [2.45, 2.75) is 39.0 Å².